The van der Waals surface area contributed by atoms with Crippen molar-refractivity contribution in [3.63, 3.8) is 0 Å². The Kier molecular flexibility index (Phi) is 4.64. The van der Waals surface area contributed by atoms with Gasteiger partial charge in [0.2, 0.25) is 0 Å². The Labute approximate surface area is 88.7 Å². The lowest BCUT2D eigenvalue weighted by atomic mass is 9.97. The van der Waals surface area contributed by atoms with Gasteiger partial charge in [-0.25, -0.2) is 0 Å². The maximum Gasteiger partial charge on any atom is 0.0576 e. The summed E-state index contributed by atoms with van der Waals surface area (Å²) in [6.07, 6.45) is 1.66. The minimum Gasteiger partial charge on any atom is -0.396 e. The van der Waals surface area contributed by atoms with E-state index < -0.39 is 0 Å². The summed E-state index contributed by atoms with van der Waals surface area (Å²) >= 11 is 0. The van der Waals surface area contributed by atoms with Crippen LogP contribution in [0.15, 0.2) is 12.3 Å². The summed E-state index contributed by atoms with van der Waals surface area (Å²) < 4.78 is 0. The highest BCUT2D eigenvalue weighted by Crippen LogP contribution is 2.19. The number of aromatic nitrogens is 1. The quantitative estimate of drug-likeness (QED) is 0.503. The Morgan fingerprint density at radius 2 is 1.87 bits per heavy atom. The number of hydrogen-bond donors (Lipinski definition) is 4. The molecule has 0 saturated heterocycles. The van der Waals surface area contributed by atoms with E-state index in [1.807, 2.05) is 6.07 Å². The number of aliphatic hydroxyl groups excluding tert-OH is 2. The van der Waals surface area contributed by atoms with Crippen LogP contribution in [0.4, 0.5) is 0 Å². The van der Waals surface area contributed by atoms with Crippen molar-refractivity contribution in [1.82, 2.24) is 4.98 Å². The minimum absolute atomic E-state index is 0.126. The number of nitrogens with two attached hydrogens (primary N) is 2. The molecular weight excluding hydrogens is 194 g/mol. The van der Waals surface area contributed by atoms with Crippen molar-refractivity contribution < 1.29 is 10.2 Å². The number of hydrogen-bond acceptors (Lipinski definition) is 5. The third-order valence-electron chi connectivity index (χ3n) is 2.37. The first-order chi connectivity index (χ1) is 7.26. The normalized spacial score (nSPS) is 11.0. The first kappa shape index (κ1) is 12.1. The van der Waals surface area contributed by atoms with Gasteiger partial charge in [-0.1, -0.05) is 6.07 Å². The van der Waals surface area contributed by atoms with Gasteiger partial charge in [0.1, 0.15) is 0 Å². The Bertz CT molecular complexity index is 314. The van der Waals surface area contributed by atoms with Gasteiger partial charge >= 0.3 is 0 Å². The van der Waals surface area contributed by atoms with Crippen LogP contribution >= 0.6 is 0 Å². The van der Waals surface area contributed by atoms with Crippen molar-refractivity contribution in [1.29, 1.82) is 0 Å². The molecule has 0 atom stereocenters. The summed E-state index contributed by atoms with van der Waals surface area (Å²) in [5, 5.41) is 18.2. The molecule has 0 aliphatic heterocycles. The van der Waals surface area contributed by atoms with Gasteiger partial charge in [0.05, 0.1) is 18.9 Å². The van der Waals surface area contributed by atoms with Crippen LogP contribution in [-0.2, 0) is 13.1 Å². The second-order valence-electron chi connectivity index (χ2n) is 3.35. The molecule has 1 heterocycles. The van der Waals surface area contributed by atoms with Crippen LogP contribution in [-0.4, -0.2) is 28.4 Å². The lowest BCUT2D eigenvalue weighted by molar-refractivity contribution is 0.191. The fourth-order valence-electron chi connectivity index (χ4n) is 1.45. The molecule has 0 aliphatic carbocycles. The summed E-state index contributed by atoms with van der Waals surface area (Å²) in [6.45, 7) is 0.420. The summed E-state index contributed by atoms with van der Waals surface area (Å²) in [5.74, 6) is -0.331. The van der Waals surface area contributed by atoms with Gasteiger partial charge in [0.15, 0.2) is 0 Å². The zero-order valence-electron chi connectivity index (χ0n) is 8.56. The summed E-state index contributed by atoms with van der Waals surface area (Å²) in [5.41, 5.74) is 13.4. The number of rotatable bonds is 5. The van der Waals surface area contributed by atoms with Crippen molar-refractivity contribution in [2.24, 2.45) is 11.5 Å². The highest BCUT2D eigenvalue weighted by molar-refractivity contribution is 5.29. The minimum atomic E-state index is -0.331. The van der Waals surface area contributed by atoms with Crippen molar-refractivity contribution in [3.05, 3.63) is 29.1 Å². The van der Waals surface area contributed by atoms with Crippen LogP contribution in [0.3, 0.4) is 0 Å². The average molecular weight is 211 g/mol. The van der Waals surface area contributed by atoms with E-state index in [-0.39, 0.29) is 25.7 Å². The van der Waals surface area contributed by atoms with E-state index in [4.69, 9.17) is 21.7 Å². The van der Waals surface area contributed by atoms with E-state index >= 15 is 0 Å². The highest BCUT2D eigenvalue weighted by Gasteiger charge is 2.14. The van der Waals surface area contributed by atoms with Crippen molar-refractivity contribution in [2.75, 3.05) is 13.2 Å². The molecule has 1 aromatic rings. The van der Waals surface area contributed by atoms with Gasteiger partial charge in [-0.3, -0.25) is 4.98 Å². The molecule has 0 spiro atoms. The Morgan fingerprint density at radius 1 is 1.20 bits per heavy atom. The predicted molar refractivity (Wildman–Crippen MR) is 56.9 cm³/mol. The van der Waals surface area contributed by atoms with Crippen molar-refractivity contribution in [2.45, 2.75) is 19.0 Å². The molecule has 0 amide bonds. The Hall–Kier alpha value is -1.01. The van der Waals surface area contributed by atoms with E-state index in [0.29, 0.717) is 12.2 Å². The van der Waals surface area contributed by atoms with Crippen LogP contribution in [0, 0.1) is 0 Å². The summed E-state index contributed by atoms with van der Waals surface area (Å²) in [7, 11) is 0. The van der Waals surface area contributed by atoms with Gasteiger partial charge < -0.3 is 21.7 Å². The number of aliphatic hydroxyl groups is 2. The molecule has 0 saturated carbocycles. The predicted octanol–water partition coefficient (Wildman–Crippen LogP) is -0.933. The molecule has 0 bridgehead atoms. The molecule has 84 valence electrons. The molecule has 1 rings (SSSR count). The molecular formula is C10H17N3O2. The third kappa shape index (κ3) is 2.73. The second kappa shape index (κ2) is 5.77. The SMILES string of the molecule is NCc1cnc(CN)c(C(CO)CO)c1. The number of pyridine rings is 1. The van der Waals surface area contributed by atoms with Crippen LogP contribution in [0.2, 0.25) is 0 Å². The molecule has 0 unspecified atom stereocenters. The zero-order chi connectivity index (χ0) is 11.3. The van der Waals surface area contributed by atoms with Gasteiger partial charge in [-0.05, 0) is 11.1 Å². The van der Waals surface area contributed by atoms with Crippen LogP contribution < -0.4 is 11.5 Å². The summed E-state index contributed by atoms with van der Waals surface area (Å²) in [4.78, 5) is 4.16. The summed E-state index contributed by atoms with van der Waals surface area (Å²) in [6, 6.07) is 1.84. The largest absolute Gasteiger partial charge is 0.396 e. The fraction of sp³-hybridized carbons (Fsp3) is 0.500. The Morgan fingerprint density at radius 3 is 2.33 bits per heavy atom. The maximum atomic E-state index is 9.10. The molecule has 0 radical (unpaired) electrons. The monoisotopic (exact) mass is 211 g/mol. The van der Waals surface area contributed by atoms with Crippen LogP contribution in [0.25, 0.3) is 0 Å². The zero-order valence-corrected chi connectivity index (χ0v) is 8.56. The standard InChI is InChI=1S/C10H17N3O2/c11-2-7-1-9(8(5-14)6-15)10(3-12)13-4-7/h1,4,8,14-15H,2-3,5-6,11-12H2. The Balaban J connectivity index is 3.09. The lowest BCUT2D eigenvalue weighted by Crippen LogP contribution is -2.15. The molecule has 5 heteroatoms. The van der Waals surface area contributed by atoms with Gasteiger partial charge in [0, 0.05) is 25.2 Å². The molecule has 1 aromatic heterocycles. The van der Waals surface area contributed by atoms with Gasteiger partial charge in [0.25, 0.3) is 0 Å². The topological polar surface area (TPSA) is 105 Å². The van der Waals surface area contributed by atoms with Crippen molar-refractivity contribution in [3.8, 4) is 0 Å². The van der Waals surface area contributed by atoms with Crippen molar-refractivity contribution >= 4 is 0 Å². The first-order valence-electron chi connectivity index (χ1n) is 4.86. The second-order valence-corrected chi connectivity index (χ2v) is 3.35. The third-order valence-corrected chi connectivity index (χ3v) is 2.37. The smallest absolute Gasteiger partial charge is 0.0576 e. The van der Waals surface area contributed by atoms with E-state index in [9.17, 15) is 0 Å². The van der Waals surface area contributed by atoms with E-state index in [0.717, 1.165) is 11.1 Å². The molecule has 15 heavy (non-hydrogen) atoms. The van der Waals surface area contributed by atoms with Gasteiger partial charge in [-0.2, -0.15) is 0 Å². The van der Waals surface area contributed by atoms with Gasteiger partial charge in [-0.15, -0.1) is 0 Å². The van der Waals surface area contributed by atoms with Crippen LogP contribution in [0.1, 0.15) is 22.7 Å². The lowest BCUT2D eigenvalue weighted by Gasteiger charge is -2.15. The molecule has 6 N–H and O–H groups in total. The number of nitrogens with zero attached hydrogens (tertiary/aromatic N) is 1. The van der Waals surface area contributed by atoms with E-state index in [2.05, 4.69) is 4.98 Å². The first-order valence-corrected chi connectivity index (χ1v) is 4.86. The average Bonchev–Trinajstić information content (AvgIpc) is 2.30. The molecule has 5 nitrogen and oxygen atoms in total. The molecule has 0 aromatic carbocycles. The fourth-order valence-corrected chi connectivity index (χ4v) is 1.45. The van der Waals surface area contributed by atoms with E-state index in [1.165, 1.54) is 0 Å². The maximum absolute atomic E-state index is 9.10. The molecule has 0 fully saturated rings. The van der Waals surface area contributed by atoms with E-state index in [1.54, 1.807) is 6.20 Å². The van der Waals surface area contributed by atoms with Crippen LogP contribution in [0.5, 0.6) is 0 Å². The molecule has 0 aliphatic rings. The highest BCUT2D eigenvalue weighted by atomic mass is 16.3.